The van der Waals surface area contributed by atoms with E-state index in [1.807, 2.05) is 0 Å². The van der Waals surface area contributed by atoms with Crippen LogP contribution in [0, 0.1) is 0 Å². The number of phenols is 1. The van der Waals surface area contributed by atoms with Crippen molar-refractivity contribution in [2.45, 2.75) is 25.0 Å². The number of para-hydroxylation sites is 1. The minimum Gasteiger partial charge on any atom is -0.508 e. The number of carbonyl (C=O) groups excluding carboxylic acids is 2. The van der Waals surface area contributed by atoms with Crippen LogP contribution >= 0.6 is 0 Å². The number of ether oxygens (including phenoxy) is 1. The van der Waals surface area contributed by atoms with Crippen molar-refractivity contribution in [2.75, 3.05) is 0 Å². The Kier molecular flexibility index (Phi) is 3.66. The third-order valence-corrected chi connectivity index (χ3v) is 2.98. The number of aliphatic hydroxyl groups is 1. The maximum Gasteiger partial charge on any atom is 0.350 e. The fraction of sp³-hybridized carbons (Fsp3) is 0.286. The Morgan fingerprint density at radius 2 is 2.11 bits per heavy atom. The highest BCUT2D eigenvalue weighted by molar-refractivity contribution is 6.09. The number of Topliss-reactive ketones (excluding diaryl/α,β-unsaturated/α-hetero) is 1. The second-order valence-corrected chi connectivity index (χ2v) is 4.34. The van der Waals surface area contributed by atoms with Gasteiger partial charge in [-0.15, -0.1) is 0 Å². The van der Waals surface area contributed by atoms with E-state index in [4.69, 9.17) is 4.74 Å². The highest BCUT2D eigenvalue weighted by Crippen LogP contribution is 2.22. The van der Waals surface area contributed by atoms with Crippen molar-refractivity contribution in [3.05, 3.63) is 42.0 Å². The van der Waals surface area contributed by atoms with Gasteiger partial charge in [0, 0.05) is 12.0 Å². The van der Waals surface area contributed by atoms with Crippen molar-refractivity contribution in [1.29, 1.82) is 0 Å². The molecule has 5 nitrogen and oxygen atoms in total. The average Bonchev–Trinajstić information content (AvgIpc) is 2.41. The van der Waals surface area contributed by atoms with E-state index in [1.165, 1.54) is 6.07 Å². The van der Waals surface area contributed by atoms with Crippen LogP contribution in [0.2, 0.25) is 0 Å². The van der Waals surface area contributed by atoms with E-state index in [1.54, 1.807) is 24.3 Å². The second kappa shape index (κ2) is 5.24. The zero-order chi connectivity index (χ0) is 13.9. The summed E-state index contributed by atoms with van der Waals surface area (Å²) < 4.78 is 4.90. The van der Waals surface area contributed by atoms with Crippen LogP contribution in [0.3, 0.4) is 0 Å². The molecule has 2 rings (SSSR count). The van der Waals surface area contributed by atoms with Crippen molar-refractivity contribution >= 4 is 11.8 Å². The average molecular weight is 262 g/mol. The lowest BCUT2D eigenvalue weighted by Gasteiger charge is -2.23. The summed E-state index contributed by atoms with van der Waals surface area (Å²) in [6.45, 7) is -0.199. The first-order chi connectivity index (χ1) is 9.04. The van der Waals surface area contributed by atoms with E-state index >= 15 is 0 Å². The molecule has 0 saturated carbocycles. The molecule has 0 saturated heterocycles. The van der Waals surface area contributed by atoms with E-state index in [-0.39, 0.29) is 18.8 Å². The minimum absolute atomic E-state index is 0.00666. The van der Waals surface area contributed by atoms with E-state index in [2.05, 4.69) is 0 Å². The molecule has 0 aromatic heterocycles. The molecule has 2 N–H and O–H groups in total. The summed E-state index contributed by atoms with van der Waals surface area (Å²) in [6, 6.07) is 6.37. The standard InChI is InChI=1S/C14H14O5/c15-11-6-2-1-5-10(11)9-19-13(17)14(18)8-4-3-7-12(14)16/h1-2,4-6,8,15,18H,3,7,9H2. The SMILES string of the molecule is O=C1CCC=CC1(O)C(=O)OCc1ccccc1O. The van der Waals surface area contributed by atoms with Crippen molar-refractivity contribution in [3.63, 3.8) is 0 Å². The predicted molar refractivity (Wildman–Crippen MR) is 66.2 cm³/mol. The highest BCUT2D eigenvalue weighted by atomic mass is 16.6. The molecule has 19 heavy (non-hydrogen) atoms. The second-order valence-electron chi connectivity index (χ2n) is 4.34. The van der Waals surface area contributed by atoms with Gasteiger partial charge in [-0.25, -0.2) is 4.79 Å². The Morgan fingerprint density at radius 3 is 2.79 bits per heavy atom. The van der Waals surface area contributed by atoms with Crippen LogP contribution in [0.1, 0.15) is 18.4 Å². The first kappa shape index (κ1) is 13.3. The van der Waals surface area contributed by atoms with E-state index < -0.39 is 17.4 Å². The zero-order valence-electron chi connectivity index (χ0n) is 10.2. The van der Waals surface area contributed by atoms with Crippen LogP contribution < -0.4 is 0 Å². The number of allylic oxidation sites excluding steroid dienone is 1. The van der Waals surface area contributed by atoms with Crippen LogP contribution in [0.4, 0.5) is 0 Å². The Balaban J connectivity index is 2.06. The number of phenolic OH excluding ortho intramolecular Hbond substituents is 1. The number of aromatic hydroxyl groups is 1. The van der Waals surface area contributed by atoms with Gasteiger partial charge in [0.15, 0.2) is 5.78 Å². The predicted octanol–water partition coefficient (Wildman–Crippen LogP) is 1.09. The third kappa shape index (κ3) is 2.66. The molecule has 1 unspecified atom stereocenters. The Hall–Kier alpha value is -2.14. The summed E-state index contributed by atoms with van der Waals surface area (Å²) in [5, 5.41) is 19.5. The summed E-state index contributed by atoms with van der Waals surface area (Å²) in [7, 11) is 0. The lowest BCUT2D eigenvalue weighted by atomic mass is 9.90. The molecule has 5 heteroatoms. The normalized spacial score (nSPS) is 22.3. The van der Waals surface area contributed by atoms with Gasteiger partial charge < -0.3 is 14.9 Å². The third-order valence-electron chi connectivity index (χ3n) is 2.98. The van der Waals surface area contributed by atoms with E-state index in [9.17, 15) is 19.8 Å². The number of rotatable bonds is 3. The number of hydrogen-bond acceptors (Lipinski definition) is 5. The van der Waals surface area contributed by atoms with E-state index in [0.29, 0.717) is 12.0 Å². The van der Waals surface area contributed by atoms with Crippen molar-refractivity contribution in [3.8, 4) is 5.75 Å². The fourth-order valence-electron chi connectivity index (χ4n) is 1.82. The molecular formula is C14H14O5. The number of carbonyl (C=O) groups is 2. The van der Waals surface area contributed by atoms with Gasteiger partial charge in [-0.05, 0) is 18.6 Å². The van der Waals surface area contributed by atoms with Crippen LogP contribution in [0.5, 0.6) is 5.75 Å². The van der Waals surface area contributed by atoms with Crippen molar-refractivity contribution < 1.29 is 24.5 Å². The van der Waals surface area contributed by atoms with Gasteiger partial charge in [-0.3, -0.25) is 4.79 Å². The first-order valence-corrected chi connectivity index (χ1v) is 5.91. The van der Waals surface area contributed by atoms with Gasteiger partial charge in [0.25, 0.3) is 0 Å². The van der Waals surface area contributed by atoms with Crippen molar-refractivity contribution in [1.82, 2.24) is 0 Å². The molecule has 0 radical (unpaired) electrons. The Labute approximate surface area is 110 Å². The molecule has 1 aliphatic carbocycles. The highest BCUT2D eigenvalue weighted by Gasteiger charge is 2.43. The van der Waals surface area contributed by atoms with Crippen LogP contribution in [0.15, 0.2) is 36.4 Å². The first-order valence-electron chi connectivity index (χ1n) is 5.91. The van der Waals surface area contributed by atoms with Gasteiger partial charge in [0.2, 0.25) is 5.60 Å². The number of ketones is 1. The quantitative estimate of drug-likeness (QED) is 0.484. The summed E-state index contributed by atoms with van der Waals surface area (Å²) in [4.78, 5) is 23.4. The smallest absolute Gasteiger partial charge is 0.350 e. The molecule has 1 aliphatic rings. The summed E-state index contributed by atoms with van der Waals surface area (Å²) in [6.07, 6.45) is 3.35. The fourth-order valence-corrected chi connectivity index (χ4v) is 1.82. The molecule has 0 aliphatic heterocycles. The van der Waals surface area contributed by atoms with Crippen LogP contribution in [-0.4, -0.2) is 27.6 Å². The van der Waals surface area contributed by atoms with E-state index in [0.717, 1.165) is 6.08 Å². The topological polar surface area (TPSA) is 83.8 Å². The monoisotopic (exact) mass is 262 g/mol. The lowest BCUT2D eigenvalue weighted by Crippen LogP contribution is -2.47. The number of esters is 1. The van der Waals surface area contributed by atoms with Crippen LogP contribution in [-0.2, 0) is 20.9 Å². The van der Waals surface area contributed by atoms with Crippen molar-refractivity contribution in [2.24, 2.45) is 0 Å². The molecule has 1 atom stereocenters. The molecule has 0 heterocycles. The van der Waals surface area contributed by atoms with Crippen LogP contribution in [0.25, 0.3) is 0 Å². The van der Waals surface area contributed by atoms with Gasteiger partial charge >= 0.3 is 5.97 Å². The van der Waals surface area contributed by atoms with Gasteiger partial charge in [0.05, 0.1) is 0 Å². The minimum atomic E-state index is -2.19. The summed E-state index contributed by atoms with van der Waals surface area (Å²) >= 11 is 0. The molecular weight excluding hydrogens is 248 g/mol. The molecule has 1 aromatic carbocycles. The zero-order valence-corrected chi connectivity index (χ0v) is 10.2. The van der Waals surface area contributed by atoms with Gasteiger partial charge in [0.1, 0.15) is 12.4 Å². The number of hydrogen-bond donors (Lipinski definition) is 2. The maximum absolute atomic E-state index is 11.8. The molecule has 1 aromatic rings. The molecule has 0 fully saturated rings. The maximum atomic E-state index is 11.8. The Morgan fingerprint density at radius 1 is 1.37 bits per heavy atom. The Bertz CT molecular complexity index is 534. The lowest BCUT2D eigenvalue weighted by molar-refractivity contribution is -0.167. The van der Waals surface area contributed by atoms with Gasteiger partial charge in [-0.1, -0.05) is 24.3 Å². The molecule has 0 bridgehead atoms. The summed E-state index contributed by atoms with van der Waals surface area (Å²) in [5.41, 5.74) is -1.78. The molecule has 100 valence electrons. The summed E-state index contributed by atoms with van der Waals surface area (Å²) in [5.74, 6) is -1.60. The number of benzene rings is 1. The largest absolute Gasteiger partial charge is 0.508 e. The van der Waals surface area contributed by atoms with Gasteiger partial charge in [-0.2, -0.15) is 0 Å². The molecule has 0 amide bonds. The molecule has 0 spiro atoms.